The normalized spacial score (nSPS) is 25.7. The molecular formula is C12H16ClNO. The van der Waals surface area contributed by atoms with Crippen molar-refractivity contribution in [2.75, 3.05) is 19.8 Å². The van der Waals surface area contributed by atoms with Gasteiger partial charge < -0.3 is 10.5 Å². The van der Waals surface area contributed by atoms with Crippen LogP contribution in [0.3, 0.4) is 0 Å². The molecule has 0 amide bonds. The van der Waals surface area contributed by atoms with E-state index in [2.05, 4.69) is 6.07 Å². The summed E-state index contributed by atoms with van der Waals surface area (Å²) in [5.41, 5.74) is 7.12. The number of benzene rings is 1. The Kier molecular flexibility index (Phi) is 3.29. The molecule has 1 unspecified atom stereocenters. The molecule has 1 atom stereocenters. The molecule has 3 heteroatoms. The fraction of sp³-hybridized carbons (Fsp3) is 0.500. The van der Waals surface area contributed by atoms with E-state index in [4.69, 9.17) is 22.1 Å². The van der Waals surface area contributed by atoms with Crippen LogP contribution in [0.2, 0.25) is 5.02 Å². The van der Waals surface area contributed by atoms with Crippen LogP contribution in [0.15, 0.2) is 24.3 Å². The lowest BCUT2D eigenvalue weighted by molar-refractivity contribution is 0.154. The average molecular weight is 226 g/mol. The summed E-state index contributed by atoms with van der Waals surface area (Å²) in [7, 11) is 0. The highest BCUT2D eigenvalue weighted by atomic mass is 35.5. The third kappa shape index (κ3) is 2.33. The van der Waals surface area contributed by atoms with Crippen LogP contribution in [0.1, 0.15) is 12.0 Å². The van der Waals surface area contributed by atoms with Gasteiger partial charge in [-0.25, -0.2) is 0 Å². The Bertz CT molecular complexity index is 334. The Hall–Kier alpha value is -0.570. The van der Waals surface area contributed by atoms with E-state index in [1.54, 1.807) is 0 Å². The second kappa shape index (κ2) is 4.52. The van der Waals surface area contributed by atoms with Crippen molar-refractivity contribution in [2.45, 2.75) is 12.8 Å². The Labute approximate surface area is 95.4 Å². The van der Waals surface area contributed by atoms with Gasteiger partial charge in [-0.3, -0.25) is 0 Å². The molecule has 1 fully saturated rings. The molecule has 0 saturated carbocycles. The summed E-state index contributed by atoms with van der Waals surface area (Å²) in [6, 6.07) is 7.96. The largest absolute Gasteiger partial charge is 0.381 e. The Morgan fingerprint density at radius 3 is 2.80 bits per heavy atom. The monoisotopic (exact) mass is 225 g/mol. The summed E-state index contributed by atoms with van der Waals surface area (Å²) in [5, 5.41) is 0.831. The molecule has 0 bridgehead atoms. The second-order valence-electron chi connectivity index (χ2n) is 4.27. The zero-order valence-electron chi connectivity index (χ0n) is 8.71. The summed E-state index contributed by atoms with van der Waals surface area (Å²) in [5.74, 6) is 0. The number of hydrogen-bond acceptors (Lipinski definition) is 2. The molecule has 0 aliphatic carbocycles. The summed E-state index contributed by atoms with van der Waals surface area (Å²) >= 11 is 6.14. The molecule has 1 saturated heterocycles. The third-order valence-electron chi connectivity index (χ3n) is 3.14. The molecule has 2 N–H and O–H groups in total. The molecule has 1 aromatic carbocycles. The third-order valence-corrected chi connectivity index (χ3v) is 3.51. The van der Waals surface area contributed by atoms with Gasteiger partial charge in [-0.05, 0) is 24.5 Å². The van der Waals surface area contributed by atoms with Gasteiger partial charge in [0.1, 0.15) is 0 Å². The van der Waals surface area contributed by atoms with Crippen molar-refractivity contribution in [1.29, 1.82) is 0 Å². The molecule has 1 aliphatic rings. The van der Waals surface area contributed by atoms with Gasteiger partial charge in [0, 0.05) is 23.6 Å². The molecule has 1 aliphatic heterocycles. The van der Waals surface area contributed by atoms with E-state index >= 15 is 0 Å². The molecule has 2 rings (SSSR count). The van der Waals surface area contributed by atoms with E-state index in [1.165, 1.54) is 5.56 Å². The number of ether oxygens (including phenoxy) is 1. The van der Waals surface area contributed by atoms with E-state index < -0.39 is 0 Å². The highest BCUT2D eigenvalue weighted by molar-refractivity contribution is 6.31. The highest BCUT2D eigenvalue weighted by Crippen LogP contribution is 2.33. The van der Waals surface area contributed by atoms with E-state index in [0.717, 1.165) is 31.1 Å². The van der Waals surface area contributed by atoms with Gasteiger partial charge in [-0.15, -0.1) is 0 Å². The fourth-order valence-corrected chi connectivity index (χ4v) is 2.27. The fourth-order valence-electron chi connectivity index (χ4n) is 2.07. The molecule has 1 heterocycles. The van der Waals surface area contributed by atoms with Crippen LogP contribution in [0.25, 0.3) is 0 Å². The molecule has 0 aromatic heterocycles. The summed E-state index contributed by atoms with van der Waals surface area (Å²) in [6.45, 7) is 2.24. The second-order valence-corrected chi connectivity index (χ2v) is 4.68. The first-order chi connectivity index (χ1) is 7.26. The van der Waals surface area contributed by atoms with Crippen molar-refractivity contribution in [3.8, 4) is 0 Å². The molecule has 2 nitrogen and oxygen atoms in total. The number of hydrogen-bond donors (Lipinski definition) is 1. The zero-order chi connectivity index (χ0) is 10.7. The molecule has 0 radical (unpaired) electrons. The van der Waals surface area contributed by atoms with Gasteiger partial charge >= 0.3 is 0 Å². The lowest BCUT2D eigenvalue weighted by Gasteiger charge is -2.25. The van der Waals surface area contributed by atoms with E-state index in [-0.39, 0.29) is 5.41 Å². The van der Waals surface area contributed by atoms with Gasteiger partial charge in [0.2, 0.25) is 0 Å². The zero-order valence-corrected chi connectivity index (χ0v) is 9.46. The van der Waals surface area contributed by atoms with Gasteiger partial charge in [0.05, 0.1) is 6.61 Å². The van der Waals surface area contributed by atoms with E-state index in [9.17, 15) is 0 Å². The summed E-state index contributed by atoms with van der Waals surface area (Å²) < 4.78 is 5.44. The van der Waals surface area contributed by atoms with Crippen LogP contribution in [0.4, 0.5) is 0 Å². The SMILES string of the molecule is NCC1(Cc2ccccc2Cl)CCOC1. The van der Waals surface area contributed by atoms with Crippen LogP contribution in [-0.2, 0) is 11.2 Å². The predicted molar refractivity (Wildman–Crippen MR) is 62.1 cm³/mol. The quantitative estimate of drug-likeness (QED) is 0.857. The van der Waals surface area contributed by atoms with Crippen LogP contribution in [0, 0.1) is 5.41 Å². The maximum absolute atomic E-state index is 6.14. The highest BCUT2D eigenvalue weighted by Gasteiger charge is 2.34. The van der Waals surface area contributed by atoms with Crippen molar-refractivity contribution in [3.05, 3.63) is 34.9 Å². The van der Waals surface area contributed by atoms with E-state index in [0.29, 0.717) is 6.54 Å². The summed E-state index contributed by atoms with van der Waals surface area (Å²) in [6.07, 6.45) is 1.96. The smallest absolute Gasteiger partial charge is 0.0538 e. The minimum absolute atomic E-state index is 0.102. The van der Waals surface area contributed by atoms with E-state index in [1.807, 2.05) is 18.2 Å². The maximum atomic E-state index is 6.14. The van der Waals surface area contributed by atoms with Crippen molar-refractivity contribution >= 4 is 11.6 Å². The van der Waals surface area contributed by atoms with Gasteiger partial charge in [-0.2, -0.15) is 0 Å². The topological polar surface area (TPSA) is 35.2 Å². The summed E-state index contributed by atoms with van der Waals surface area (Å²) in [4.78, 5) is 0. The maximum Gasteiger partial charge on any atom is 0.0538 e. The Morgan fingerprint density at radius 1 is 1.40 bits per heavy atom. The molecular weight excluding hydrogens is 210 g/mol. The van der Waals surface area contributed by atoms with Crippen LogP contribution < -0.4 is 5.73 Å². The molecule has 0 spiro atoms. The predicted octanol–water partition coefficient (Wildman–Crippen LogP) is 2.25. The van der Waals surface area contributed by atoms with Crippen molar-refractivity contribution in [1.82, 2.24) is 0 Å². The lowest BCUT2D eigenvalue weighted by atomic mass is 9.81. The number of halogens is 1. The Balaban J connectivity index is 2.16. The van der Waals surface area contributed by atoms with Crippen LogP contribution >= 0.6 is 11.6 Å². The Morgan fingerprint density at radius 2 is 2.20 bits per heavy atom. The van der Waals surface area contributed by atoms with Crippen molar-refractivity contribution in [2.24, 2.45) is 11.1 Å². The average Bonchev–Trinajstić information content (AvgIpc) is 2.71. The first kappa shape index (κ1) is 10.9. The van der Waals surface area contributed by atoms with Crippen LogP contribution in [-0.4, -0.2) is 19.8 Å². The van der Waals surface area contributed by atoms with Gasteiger partial charge in [-0.1, -0.05) is 29.8 Å². The first-order valence-electron chi connectivity index (χ1n) is 5.27. The number of rotatable bonds is 3. The molecule has 82 valence electrons. The lowest BCUT2D eigenvalue weighted by Crippen LogP contribution is -2.33. The van der Waals surface area contributed by atoms with Gasteiger partial charge in [0.25, 0.3) is 0 Å². The van der Waals surface area contributed by atoms with Crippen molar-refractivity contribution in [3.63, 3.8) is 0 Å². The minimum atomic E-state index is 0.102. The molecule has 15 heavy (non-hydrogen) atoms. The molecule has 1 aromatic rings. The first-order valence-corrected chi connectivity index (χ1v) is 5.65. The van der Waals surface area contributed by atoms with Crippen LogP contribution in [0.5, 0.6) is 0 Å². The van der Waals surface area contributed by atoms with Crippen molar-refractivity contribution < 1.29 is 4.74 Å². The number of nitrogens with two attached hydrogens (primary N) is 1. The van der Waals surface area contributed by atoms with Gasteiger partial charge in [0.15, 0.2) is 0 Å². The minimum Gasteiger partial charge on any atom is -0.381 e. The standard InChI is InChI=1S/C12H16ClNO/c13-11-4-2-1-3-10(11)7-12(8-14)5-6-15-9-12/h1-4H,5-9,14H2.